The first-order valence-corrected chi connectivity index (χ1v) is 1.72. The molecule has 0 aromatic carbocycles. The molecule has 40 valence electrons. The average Bonchev–Trinajstić information content (AvgIpc) is 1.65. The summed E-state index contributed by atoms with van der Waals surface area (Å²) in [4.78, 5) is 9.61. The number of carbonyl (C=O) groups is 1. The van der Waals surface area contributed by atoms with Crippen LogP contribution >= 0.6 is 0 Å². The Morgan fingerprint density at radius 3 is 2.29 bits per heavy atom. The molecule has 3 nitrogen and oxygen atoms in total. The SMILES string of the molecule is C=CC(O)C(=O)O. The zero-order valence-electron chi connectivity index (χ0n) is 3.66. The van der Waals surface area contributed by atoms with Gasteiger partial charge in [-0.2, -0.15) is 0 Å². The van der Waals surface area contributed by atoms with Crippen molar-refractivity contribution in [3.8, 4) is 0 Å². The van der Waals surface area contributed by atoms with Crippen molar-refractivity contribution in [1.82, 2.24) is 0 Å². The lowest BCUT2D eigenvalue weighted by Crippen LogP contribution is -2.15. The van der Waals surface area contributed by atoms with Gasteiger partial charge in [-0.1, -0.05) is 12.7 Å². The summed E-state index contributed by atoms with van der Waals surface area (Å²) in [6, 6.07) is 0. The van der Waals surface area contributed by atoms with E-state index in [1.807, 2.05) is 0 Å². The Labute approximate surface area is 40.9 Å². The van der Waals surface area contributed by atoms with Crippen LogP contribution in [0, 0.1) is 0 Å². The minimum absolute atomic E-state index is 0.947. The number of aliphatic carboxylic acids is 1. The molecule has 0 saturated heterocycles. The quantitative estimate of drug-likeness (QED) is 0.467. The zero-order chi connectivity index (χ0) is 5.86. The summed E-state index contributed by atoms with van der Waals surface area (Å²) >= 11 is 0. The maximum atomic E-state index is 9.61. The van der Waals surface area contributed by atoms with Crippen molar-refractivity contribution in [3.05, 3.63) is 12.7 Å². The molecule has 0 aromatic rings. The fraction of sp³-hybridized carbons (Fsp3) is 0.250. The highest BCUT2D eigenvalue weighted by molar-refractivity contribution is 5.73. The van der Waals surface area contributed by atoms with Gasteiger partial charge in [0.15, 0.2) is 6.10 Å². The van der Waals surface area contributed by atoms with Crippen LogP contribution in [0.1, 0.15) is 0 Å². The van der Waals surface area contributed by atoms with Crippen LogP contribution in [-0.2, 0) is 4.79 Å². The van der Waals surface area contributed by atoms with Gasteiger partial charge in [-0.15, -0.1) is 0 Å². The van der Waals surface area contributed by atoms with Gasteiger partial charge < -0.3 is 10.2 Å². The summed E-state index contributed by atoms with van der Waals surface area (Å²) in [5.41, 5.74) is 0. The lowest BCUT2D eigenvalue weighted by Gasteiger charge is -1.91. The Kier molecular flexibility index (Phi) is 2.08. The van der Waals surface area contributed by atoms with Gasteiger partial charge in [-0.05, 0) is 0 Å². The van der Waals surface area contributed by atoms with E-state index in [4.69, 9.17) is 10.2 Å². The van der Waals surface area contributed by atoms with Crippen LogP contribution in [0.15, 0.2) is 12.7 Å². The molecule has 0 amide bonds. The van der Waals surface area contributed by atoms with E-state index >= 15 is 0 Å². The van der Waals surface area contributed by atoms with Gasteiger partial charge in [0, 0.05) is 0 Å². The highest BCUT2D eigenvalue weighted by Crippen LogP contribution is 1.79. The zero-order valence-corrected chi connectivity index (χ0v) is 3.66. The molecule has 7 heavy (non-hydrogen) atoms. The minimum Gasteiger partial charge on any atom is -0.479 e. The maximum Gasteiger partial charge on any atom is 0.336 e. The van der Waals surface area contributed by atoms with Gasteiger partial charge >= 0.3 is 5.97 Å². The third-order valence-electron chi connectivity index (χ3n) is 0.476. The molecule has 2 N–H and O–H groups in total. The smallest absolute Gasteiger partial charge is 0.336 e. The molecule has 0 radical (unpaired) electrons. The Hall–Kier alpha value is -0.830. The van der Waals surface area contributed by atoms with E-state index in [2.05, 4.69) is 6.58 Å². The predicted octanol–water partition coefficient (Wildman–Crippen LogP) is -0.382. The van der Waals surface area contributed by atoms with Crippen molar-refractivity contribution in [2.45, 2.75) is 6.10 Å². The minimum atomic E-state index is -1.42. The number of carboxylic acids is 1. The first-order chi connectivity index (χ1) is 3.18. The maximum absolute atomic E-state index is 9.61. The summed E-state index contributed by atoms with van der Waals surface area (Å²) in [5, 5.41) is 16.1. The van der Waals surface area contributed by atoms with Gasteiger partial charge in [0.05, 0.1) is 0 Å². The molecule has 0 bridgehead atoms. The molecule has 0 saturated carbocycles. The van der Waals surface area contributed by atoms with Crippen molar-refractivity contribution in [1.29, 1.82) is 0 Å². The first-order valence-electron chi connectivity index (χ1n) is 1.72. The number of rotatable bonds is 2. The number of hydrogen-bond acceptors (Lipinski definition) is 2. The third kappa shape index (κ3) is 1.94. The van der Waals surface area contributed by atoms with E-state index in [-0.39, 0.29) is 0 Å². The van der Waals surface area contributed by atoms with E-state index in [1.165, 1.54) is 0 Å². The van der Waals surface area contributed by atoms with Crippen LogP contribution < -0.4 is 0 Å². The largest absolute Gasteiger partial charge is 0.479 e. The molecule has 0 heterocycles. The van der Waals surface area contributed by atoms with E-state index in [0.29, 0.717) is 0 Å². The molecule has 1 unspecified atom stereocenters. The second-order valence-corrected chi connectivity index (χ2v) is 1.02. The fourth-order valence-electron chi connectivity index (χ4n) is 0.101. The molecular formula is C4H6O3. The number of aliphatic hydroxyl groups is 1. The Bertz CT molecular complexity index is 86.9. The summed E-state index contributed by atoms with van der Waals surface area (Å²) in [7, 11) is 0. The molecule has 1 atom stereocenters. The first kappa shape index (κ1) is 6.17. The van der Waals surface area contributed by atoms with Gasteiger partial charge in [0.2, 0.25) is 0 Å². The standard InChI is InChI=1S/C4H6O3/c1-2-3(5)4(6)7/h2-3,5H,1H2,(H,6,7). The predicted molar refractivity (Wildman–Crippen MR) is 23.8 cm³/mol. The Morgan fingerprint density at radius 1 is 1.86 bits per heavy atom. The second kappa shape index (κ2) is 2.36. The van der Waals surface area contributed by atoms with Crippen molar-refractivity contribution >= 4 is 5.97 Å². The molecule has 0 spiro atoms. The molecule has 0 aliphatic heterocycles. The highest BCUT2D eigenvalue weighted by atomic mass is 16.4. The number of carboxylic acid groups (broad SMARTS) is 1. The third-order valence-corrected chi connectivity index (χ3v) is 0.476. The van der Waals surface area contributed by atoms with E-state index in [0.717, 1.165) is 6.08 Å². The van der Waals surface area contributed by atoms with Gasteiger partial charge in [0.1, 0.15) is 0 Å². The molecular weight excluding hydrogens is 96.0 g/mol. The van der Waals surface area contributed by atoms with Crippen LogP contribution in [0.4, 0.5) is 0 Å². The average molecular weight is 102 g/mol. The van der Waals surface area contributed by atoms with Crippen molar-refractivity contribution < 1.29 is 15.0 Å². The van der Waals surface area contributed by atoms with Crippen LogP contribution in [-0.4, -0.2) is 22.3 Å². The van der Waals surface area contributed by atoms with Gasteiger partial charge in [-0.3, -0.25) is 0 Å². The van der Waals surface area contributed by atoms with Crippen LogP contribution in [0.5, 0.6) is 0 Å². The summed E-state index contributed by atoms with van der Waals surface area (Å²) in [6.07, 6.45) is -0.470. The summed E-state index contributed by atoms with van der Waals surface area (Å²) < 4.78 is 0. The summed E-state index contributed by atoms with van der Waals surface area (Å²) in [6.45, 7) is 3.05. The molecule has 0 aromatic heterocycles. The number of hydrogen-bond donors (Lipinski definition) is 2. The lowest BCUT2D eigenvalue weighted by molar-refractivity contribution is -0.144. The van der Waals surface area contributed by atoms with Crippen LogP contribution in [0.3, 0.4) is 0 Å². The number of aliphatic hydroxyl groups excluding tert-OH is 1. The molecule has 0 aliphatic rings. The fourth-order valence-corrected chi connectivity index (χ4v) is 0.101. The van der Waals surface area contributed by atoms with E-state index < -0.39 is 12.1 Å². The highest BCUT2D eigenvalue weighted by Gasteiger charge is 2.04. The Balaban J connectivity index is 3.55. The van der Waals surface area contributed by atoms with E-state index in [9.17, 15) is 4.79 Å². The van der Waals surface area contributed by atoms with Crippen molar-refractivity contribution in [3.63, 3.8) is 0 Å². The molecule has 0 aliphatic carbocycles. The van der Waals surface area contributed by atoms with E-state index in [1.54, 1.807) is 0 Å². The molecule has 0 rings (SSSR count). The lowest BCUT2D eigenvalue weighted by atomic mass is 10.4. The monoisotopic (exact) mass is 102 g/mol. The topological polar surface area (TPSA) is 57.5 Å². The Morgan fingerprint density at radius 2 is 2.29 bits per heavy atom. The van der Waals surface area contributed by atoms with Crippen LogP contribution in [0.2, 0.25) is 0 Å². The normalized spacial score (nSPS) is 12.7. The van der Waals surface area contributed by atoms with Crippen molar-refractivity contribution in [2.75, 3.05) is 0 Å². The second-order valence-electron chi connectivity index (χ2n) is 1.02. The summed E-state index contributed by atoms with van der Waals surface area (Å²) in [5.74, 6) is -1.27. The van der Waals surface area contributed by atoms with Crippen molar-refractivity contribution in [2.24, 2.45) is 0 Å². The van der Waals surface area contributed by atoms with Crippen LogP contribution in [0.25, 0.3) is 0 Å². The van der Waals surface area contributed by atoms with Gasteiger partial charge in [0.25, 0.3) is 0 Å². The molecule has 0 fully saturated rings. The molecule has 3 heteroatoms. The van der Waals surface area contributed by atoms with Gasteiger partial charge in [-0.25, -0.2) is 4.79 Å².